The first-order valence-electron chi connectivity index (χ1n) is 6.71. The number of imide groups is 2. The van der Waals surface area contributed by atoms with E-state index in [2.05, 4.69) is 5.32 Å². The highest BCUT2D eigenvalue weighted by Gasteiger charge is 2.35. The van der Waals surface area contributed by atoms with Crippen LogP contribution < -0.4 is 5.32 Å². The summed E-state index contributed by atoms with van der Waals surface area (Å²) in [6.07, 6.45) is 2.92. The summed E-state index contributed by atoms with van der Waals surface area (Å²) >= 11 is 0. The Kier molecular flexibility index (Phi) is 4.37. The lowest BCUT2D eigenvalue weighted by atomic mass is 10.1. The molecule has 1 aliphatic heterocycles. The zero-order chi connectivity index (χ0) is 15.4. The SMILES string of the molecule is CCCCN1C(=O)NC(=O)/C(=C\c2ccc(O)cc2)C1=O. The van der Waals surface area contributed by atoms with Gasteiger partial charge in [-0.15, -0.1) is 0 Å². The van der Waals surface area contributed by atoms with Gasteiger partial charge < -0.3 is 5.11 Å². The minimum Gasteiger partial charge on any atom is -0.508 e. The van der Waals surface area contributed by atoms with E-state index in [1.807, 2.05) is 6.92 Å². The van der Waals surface area contributed by atoms with Crippen molar-refractivity contribution in [2.45, 2.75) is 19.8 Å². The number of barbiturate groups is 1. The van der Waals surface area contributed by atoms with Crippen LogP contribution in [0.2, 0.25) is 0 Å². The molecule has 2 N–H and O–H groups in total. The van der Waals surface area contributed by atoms with Crippen molar-refractivity contribution in [3.05, 3.63) is 35.4 Å². The smallest absolute Gasteiger partial charge is 0.331 e. The van der Waals surface area contributed by atoms with Gasteiger partial charge in [0, 0.05) is 6.54 Å². The van der Waals surface area contributed by atoms with Crippen molar-refractivity contribution in [2.75, 3.05) is 6.54 Å². The molecule has 0 atom stereocenters. The van der Waals surface area contributed by atoms with E-state index in [1.54, 1.807) is 12.1 Å². The van der Waals surface area contributed by atoms with Crippen molar-refractivity contribution >= 4 is 23.9 Å². The number of phenols is 1. The van der Waals surface area contributed by atoms with Gasteiger partial charge in [0.1, 0.15) is 11.3 Å². The van der Waals surface area contributed by atoms with Crippen molar-refractivity contribution < 1.29 is 19.5 Å². The van der Waals surface area contributed by atoms with E-state index >= 15 is 0 Å². The van der Waals surface area contributed by atoms with Crippen LogP contribution in [0.1, 0.15) is 25.3 Å². The summed E-state index contributed by atoms with van der Waals surface area (Å²) in [4.78, 5) is 36.8. The van der Waals surface area contributed by atoms with Crippen LogP contribution in [0, 0.1) is 0 Å². The number of hydrogen-bond acceptors (Lipinski definition) is 4. The molecule has 1 heterocycles. The lowest BCUT2D eigenvalue weighted by Gasteiger charge is -2.26. The number of carbonyl (C=O) groups excluding carboxylic acids is 3. The van der Waals surface area contributed by atoms with Crippen LogP contribution in [0.4, 0.5) is 4.79 Å². The standard InChI is InChI=1S/C15H16N2O4/c1-2-3-8-17-14(20)12(13(19)16-15(17)21)9-10-4-6-11(18)7-5-10/h4-7,9,18H,2-3,8H2,1H3,(H,16,19,21)/b12-9+. The number of unbranched alkanes of at least 4 members (excludes halogenated alkanes) is 1. The average molecular weight is 288 g/mol. The number of nitrogens with one attached hydrogen (secondary N) is 1. The molecule has 110 valence electrons. The summed E-state index contributed by atoms with van der Waals surface area (Å²) in [5.74, 6) is -1.20. The third-order valence-corrected chi connectivity index (χ3v) is 3.13. The van der Waals surface area contributed by atoms with Crippen molar-refractivity contribution in [3.63, 3.8) is 0 Å². The number of aromatic hydroxyl groups is 1. The molecule has 1 aromatic carbocycles. The average Bonchev–Trinajstić information content (AvgIpc) is 2.45. The molecule has 1 aromatic rings. The van der Waals surface area contributed by atoms with Gasteiger partial charge in [-0.25, -0.2) is 4.79 Å². The second kappa shape index (κ2) is 6.21. The first kappa shape index (κ1) is 14.8. The molecule has 0 spiro atoms. The van der Waals surface area contributed by atoms with Gasteiger partial charge in [0.2, 0.25) is 0 Å². The Bertz CT molecular complexity index is 605. The fourth-order valence-electron chi connectivity index (χ4n) is 1.95. The van der Waals surface area contributed by atoms with Gasteiger partial charge in [-0.3, -0.25) is 19.8 Å². The fraction of sp³-hybridized carbons (Fsp3) is 0.267. The van der Waals surface area contributed by atoms with E-state index in [4.69, 9.17) is 0 Å². The van der Waals surface area contributed by atoms with Gasteiger partial charge in [0.05, 0.1) is 0 Å². The molecule has 0 radical (unpaired) electrons. The molecule has 4 amide bonds. The molecule has 0 aliphatic carbocycles. The zero-order valence-electron chi connectivity index (χ0n) is 11.6. The Morgan fingerprint density at radius 3 is 2.48 bits per heavy atom. The fourth-order valence-corrected chi connectivity index (χ4v) is 1.95. The molecule has 1 saturated heterocycles. The highest BCUT2D eigenvalue weighted by atomic mass is 16.3. The summed E-state index contributed by atoms with van der Waals surface area (Å²) in [5.41, 5.74) is 0.507. The molecule has 6 nitrogen and oxygen atoms in total. The molecular formula is C15H16N2O4. The predicted octanol–water partition coefficient (Wildman–Crippen LogP) is 1.65. The van der Waals surface area contributed by atoms with Gasteiger partial charge in [-0.2, -0.15) is 0 Å². The maximum absolute atomic E-state index is 12.3. The molecule has 0 saturated carbocycles. The van der Waals surface area contributed by atoms with Gasteiger partial charge in [-0.05, 0) is 30.2 Å². The van der Waals surface area contributed by atoms with E-state index in [1.165, 1.54) is 18.2 Å². The largest absolute Gasteiger partial charge is 0.508 e. The van der Waals surface area contributed by atoms with Crippen molar-refractivity contribution in [1.29, 1.82) is 0 Å². The number of rotatable bonds is 4. The first-order valence-corrected chi connectivity index (χ1v) is 6.71. The Balaban J connectivity index is 2.28. The van der Waals surface area contributed by atoms with E-state index in [0.29, 0.717) is 12.0 Å². The molecule has 6 heteroatoms. The van der Waals surface area contributed by atoms with E-state index < -0.39 is 17.8 Å². The van der Waals surface area contributed by atoms with Crippen LogP contribution >= 0.6 is 0 Å². The molecule has 0 unspecified atom stereocenters. The topological polar surface area (TPSA) is 86.7 Å². The molecule has 0 bridgehead atoms. The number of nitrogens with zero attached hydrogens (tertiary/aromatic N) is 1. The highest BCUT2D eigenvalue weighted by molar-refractivity contribution is 6.30. The normalized spacial score (nSPS) is 17.3. The Hall–Kier alpha value is -2.63. The monoisotopic (exact) mass is 288 g/mol. The second-order valence-corrected chi connectivity index (χ2v) is 4.72. The number of urea groups is 1. The van der Waals surface area contributed by atoms with Crippen LogP contribution in [0.3, 0.4) is 0 Å². The Labute approximate surface area is 122 Å². The van der Waals surface area contributed by atoms with E-state index in [9.17, 15) is 19.5 Å². The van der Waals surface area contributed by atoms with Gasteiger partial charge in [0.25, 0.3) is 11.8 Å². The molecule has 1 fully saturated rings. The van der Waals surface area contributed by atoms with Crippen molar-refractivity contribution in [2.24, 2.45) is 0 Å². The number of carbonyl (C=O) groups is 3. The molecule has 21 heavy (non-hydrogen) atoms. The van der Waals surface area contributed by atoms with E-state index in [0.717, 1.165) is 11.3 Å². The zero-order valence-corrected chi connectivity index (χ0v) is 11.6. The minimum absolute atomic E-state index is 0.0867. The quantitative estimate of drug-likeness (QED) is 0.651. The third kappa shape index (κ3) is 3.28. The second-order valence-electron chi connectivity index (χ2n) is 4.72. The van der Waals surface area contributed by atoms with Crippen LogP contribution in [0.5, 0.6) is 5.75 Å². The lowest BCUT2D eigenvalue weighted by molar-refractivity contribution is -0.130. The van der Waals surface area contributed by atoms with E-state index in [-0.39, 0.29) is 17.9 Å². The third-order valence-electron chi connectivity index (χ3n) is 3.13. The van der Waals surface area contributed by atoms with Crippen molar-refractivity contribution in [3.8, 4) is 5.75 Å². The number of hydrogen-bond donors (Lipinski definition) is 2. The predicted molar refractivity (Wildman–Crippen MR) is 76.2 cm³/mol. The summed E-state index contributed by atoms with van der Waals surface area (Å²) in [6.45, 7) is 2.23. The van der Waals surface area contributed by atoms with Crippen LogP contribution in [0.15, 0.2) is 29.8 Å². The first-order chi connectivity index (χ1) is 10.0. The summed E-state index contributed by atoms with van der Waals surface area (Å²) in [6, 6.07) is 5.39. The minimum atomic E-state index is -0.703. The number of phenolic OH excluding ortho intramolecular Hbond substituents is 1. The maximum Gasteiger partial charge on any atom is 0.331 e. The number of benzene rings is 1. The lowest BCUT2D eigenvalue weighted by Crippen LogP contribution is -2.54. The molecule has 1 aliphatic rings. The Morgan fingerprint density at radius 1 is 1.19 bits per heavy atom. The maximum atomic E-state index is 12.3. The summed E-state index contributed by atoms with van der Waals surface area (Å²) in [5, 5.41) is 11.4. The van der Waals surface area contributed by atoms with Crippen LogP contribution in [0.25, 0.3) is 6.08 Å². The van der Waals surface area contributed by atoms with Crippen LogP contribution in [-0.2, 0) is 9.59 Å². The Morgan fingerprint density at radius 2 is 1.86 bits per heavy atom. The molecular weight excluding hydrogens is 272 g/mol. The molecule has 0 aromatic heterocycles. The highest BCUT2D eigenvalue weighted by Crippen LogP contribution is 2.17. The van der Waals surface area contributed by atoms with Crippen LogP contribution in [-0.4, -0.2) is 34.4 Å². The summed E-state index contributed by atoms with van der Waals surface area (Å²) < 4.78 is 0. The van der Waals surface area contributed by atoms with Crippen molar-refractivity contribution in [1.82, 2.24) is 10.2 Å². The van der Waals surface area contributed by atoms with Gasteiger partial charge >= 0.3 is 6.03 Å². The summed E-state index contributed by atoms with van der Waals surface area (Å²) in [7, 11) is 0. The van der Waals surface area contributed by atoms with Gasteiger partial charge in [-0.1, -0.05) is 25.5 Å². The van der Waals surface area contributed by atoms with Gasteiger partial charge in [0.15, 0.2) is 0 Å². The number of amides is 4. The molecule has 2 rings (SSSR count).